The van der Waals surface area contributed by atoms with E-state index in [1.165, 1.54) is 13.3 Å². The van der Waals surface area contributed by atoms with Gasteiger partial charge in [0.2, 0.25) is 5.91 Å². The number of rotatable bonds is 5. The van der Waals surface area contributed by atoms with Crippen molar-refractivity contribution in [3.63, 3.8) is 0 Å². The van der Waals surface area contributed by atoms with Gasteiger partial charge in [-0.05, 0) is 74.5 Å². The predicted molar refractivity (Wildman–Crippen MR) is 136 cm³/mol. The number of fused-ring (bicyclic) bond motifs is 1. The molecule has 3 aromatic carbocycles. The summed E-state index contributed by atoms with van der Waals surface area (Å²) in [5.41, 5.74) is 1.81. The number of nitrogens with one attached hydrogen (secondary N) is 2. The molecule has 0 aliphatic carbocycles. The molecule has 1 aromatic heterocycles. The normalized spacial score (nSPS) is 10.8. The molecule has 1 amide bonds. The maximum Gasteiger partial charge on any atom is 0.218 e. The fraction of sp³-hybridized carbons (Fsp3) is 0.148. The van der Waals surface area contributed by atoms with Crippen molar-refractivity contribution in [3.05, 3.63) is 83.6 Å². The summed E-state index contributed by atoms with van der Waals surface area (Å²) < 4.78 is 5.85. The highest BCUT2D eigenvalue weighted by atomic mass is 35.5. The first-order chi connectivity index (χ1) is 16.3. The number of aromatic nitrogens is 2. The molecule has 2 N–H and O–H groups in total. The molecule has 0 spiro atoms. The minimum Gasteiger partial charge on any atom is -0.457 e. The van der Waals surface area contributed by atoms with Crippen molar-refractivity contribution in [1.82, 2.24) is 15.3 Å². The zero-order valence-electron chi connectivity index (χ0n) is 19.0. The molecule has 0 aliphatic heterocycles. The largest absolute Gasteiger partial charge is 0.457 e. The molecular weight excluding hydrogens is 448 g/mol. The van der Waals surface area contributed by atoms with Crippen molar-refractivity contribution in [2.24, 2.45) is 0 Å². The molecule has 4 rings (SSSR count). The minimum absolute atomic E-state index is 0.123. The second-order valence-corrected chi connectivity index (χ2v) is 8.66. The molecule has 0 atom stereocenters. The molecule has 0 saturated heterocycles. The molecule has 0 aliphatic rings. The van der Waals surface area contributed by atoms with Crippen LogP contribution in [0.4, 0.5) is 11.5 Å². The summed E-state index contributed by atoms with van der Waals surface area (Å²) in [7, 11) is 0. The summed E-state index contributed by atoms with van der Waals surface area (Å²) in [6, 6.07) is 20.5. The molecule has 1 heterocycles. The summed E-state index contributed by atoms with van der Waals surface area (Å²) in [5.74, 6) is 8.15. The van der Waals surface area contributed by atoms with Crippen LogP contribution in [-0.4, -0.2) is 21.4 Å². The van der Waals surface area contributed by atoms with Gasteiger partial charge in [-0.2, -0.15) is 0 Å². The maximum atomic E-state index is 11.4. The van der Waals surface area contributed by atoms with Gasteiger partial charge in [0, 0.05) is 28.6 Å². The lowest BCUT2D eigenvalue weighted by molar-refractivity contribution is -0.119. The average Bonchev–Trinajstić information content (AvgIpc) is 2.78. The van der Waals surface area contributed by atoms with Gasteiger partial charge in [-0.3, -0.25) is 4.79 Å². The highest BCUT2D eigenvalue weighted by molar-refractivity contribution is 6.30. The van der Waals surface area contributed by atoms with Gasteiger partial charge < -0.3 is 15.4 Å². The lowest BCUT2D eigenvalue weighted by atomic mass is 10.0. The number of carbonyl (C=O) groups is 1. The number of hydrogen-bond acceptors (Lipinski definition) is 5. The molecule has 0 unspecified atom stereocenters. The molecule has 4 aromatic rings. The van der Waals surface area contributed by atoms with Gasteiger partial charge >= 0.3 is 0 Å². The highest BCUT2D eigenvalue weighted by Crippen LogP contribution is 2.28. The molecule has 0 saturated carbocycles. The predicted octanol–water partition coefficient (Wildman–Crippen LogP) is 6.09. The number of halogens is 1. The third-order valence-electron chi connectivity index (χ3n) is 4.79. The van der Waals surface area contributed by atoms with Crippen LogP contribution in [0.25, 0.3) is 10.9 Å². The SMILES string of the molecule is CC(=O)NC(C)(C)C#Cc1ccc2ncnc(Nc3ccc(Oc4cccc(Cl)c4)cc3)c2c1. The molecule has 0 bridgehead atoms. The molecule has 0 fully saturated rings. The van der Waals surface area contributed by atoms with Crippen LogP contribution in [0.5, 0.6) is 11.5 Å². The van der Waals surface area contributed by atoms with Gasteiger partial charge in [-0.15, -0.1) is 0 Å². The smallest absolute Gasteiger partial charge is 0.218 e. The van der Waals surface area contributed by atoms with E-state index in [1.807, 2.05) is 68.4 Å². The summed E-state index contributed by atoms with van der Waals surface area (Å²) >= 11 is 6.02. The van der Waals surface area contributed by atoms with Crippen molar-refractivity contribution in [2.75, 3.05) is 5.32 Å². The number of amides is 1. The molecule has 34 heavy (non-hydrogen) atoms. The van der Waals surface area contributed by atoms with Crippen molar-refractivity contribution < 1.29 is 9.53 Å². The van der Waals surface area contributed by atoms with Crippen LogP contribution in [0.15, 0.2) is 73.1 Å². The second kappa shape index (κ2) is 9.82. The Balaban J connectivity index is 1.55. The van der Waals surface area contributed by atoms with E-state index in [0.29, 0.717) is 22.3 Å². The Labute approximate surface area is 203 Å². The van der Waals surface area contributed by atoms with Crippen LogP contribution in [0, 0.1) is 11.8 Å². The Hall–Kier alpha value is -4.08. The van der Waals surface area contributed by atoms with Gasteiger partial charge in [0.1, 0.15) is 23.6 Å². The van der Waals surface area contributed by atoms with Crippen LogP contribution in [-0.2, 0) is 4.79 Å². The van der Waals surface area contributed by atoms with Crippen molar-refractivity contribution in [2.45, 2.75) is 26.3 Å². The van der Waals surface area contributed by atoms with E-state index in [9.17, 15) is 4.79 Å². The lowest BCUT2D eigenvalue weighted by Gasteiger charge is -2.18. The molecule has 7 heteroatoms. The van der Waals surface area contributed by atoms with E-state index >= 15 is 0 Å². The Morgan fingerprint density at radius 3 is 2.53 bits per heavy atom. The lowest BCUT2D eigenvalue weighted by Crippen LogP contribution is -2.40. The fourth-order valence-corrected chi connectivity index (χ4v) is 3.52. The zero-order chi connectivity index (χ0) is 24.1. The second-order valence-electron chi connectivity index (χ2n) is 8.22. The van der Waals surface area contributed by atoms with E-state index in [-0.39, 0.29) is 5.91 Å². The molecule has 6 nitrogen and oxygen atoms in total. The first-order valence-corrected chi connectivity index (χ1v) is 11.0. The number of benzene rings is 3. The van der Waals surface area contributed by atoms with E-state index in [0.717, 1.165) is 22.2 Å². The highest BCUT2D eigenvalue weighted by Gasteiger charge is 2.14. The number of anilines is 2. The van der Waals surface area contributed by atoms with Crippen molar-refractivity contribution >= 4 is 39.9 Å². The van der Waals surface area contributed by atoms with Crippen LogP contribution in [0.3, 0.4) is 0 Å². The number of hydrogen-bond donors (Lipinski definition) is 2. The van der Waals surface area contributed by atoms with Gasteiger partial charge in [-0.1, -0.05) is 29.5 Å². The topological polar surface area (TPSA) is 76.1 Å². The summed E-state index contributed by atoms with van der Waals surface area (Å²) in [4.78, 5) is 20.1. The zero-order valence-corrected chi connectivity index (χ0v) is 19.8. The summed E-state index contributed by atoms with van der Waals surface area (Å²) in [5, 5.41) is 7.62. The van der Waals surface area contributed by atoms with Gasteiger partial charge in [-0.25, -0.2) is 9.97 Å². The number of carbonyl (C=O) groups excluding carboxylic acids is 1. The first kappa shape index (κ1) is 23.1. The van der Waals surface area contributed by atoms with Crippen molar-refractivity contribution in [3.8, 4) is 23.3 Å². The van der Waals surface area contributed by atoms with E-state index in [1.54, 1.807) is 12.1 Å². The Bertz CT molecular complexity index is 1410. The first-order valence-electron chi connectivity index (χ1n) is 10.6. The molecular formula is C27H23ClN4O2. The van der Waals surface area contributed by atoms with Crippen LogP contribution in [0.2, 0.25) is 5.02 Å². The Morgan fingerprint density at radius 2 is 1.79 bits per heavy atom. The fourth-order valence-electron chi connectivity index (χ4n) is 3.34. The molecule has 0 radical (unpaired) electrons. The van der Waals surface area contributed by atoms with Crippen LogP contribution < -0.4 is 15.4 Å². The number of nitrogens with zero attached hydrogens (tertiary/aromatic N) is 2. The van der Waals surface area contributed by atoms with Crippen LogP contribution in [0.1, 0.15) is 26.3 Å². The Morgan fingerprint density at radius 1 is 1.00 bits per heavy atom. The minimum atomic E-state index is -0.635. The van der Waals surface area contributed by atoms with Crippen molar-refractivity contribution in [1.29, 1.82) is 0 Å². The van der Waals surface area contributed by atoms with Gasteiger partial charge in [0.25, 0.3) is 0 Å². The van der Waals surface area contributed by atoms with Crippen LogP contribution >= 0.6 is 11.6 Å². The standard InChI is InChI=1S/C27H23ClN4O2/c1-18(33)32-27(2,3)14-13-19-7-12-25-24(15-19)26(30-17-29-25)31-21-8-10-22(11-9-21)34-23-6-4-5-20(28)16-23/h4-12,15-17H,1-3H3,(H,32,33)(H,29,30,31). The third kappa shape index (κ3) is 6.03. The van der Waals surface area contributed by atoms with Gasteiger partial charge in [0.15, 0.2) is 0 Å². The number of ether oxygens (including phenoxy) is 1. The van der Waals surface area contributed by atoms with E-state index < -0.39 is 5.54 Å². The summed E-state index contributed by atoms with van der Waals surface area (Å²) in [6.07, 6.45) is 1.52. The van der Waals surface area contributed by atoms with Gasteiger partial charge in [0.05, 0.1) is 11.1 Å². The Kier molecular flexibility index (Phi) is 6.67. The van der Waals surface area contributed by atoms with E-state index in [2.05, 4.69) is 32.4 Å². The summed E-state index contributed by atoms with van der Waals surface area (Å²) in [6.45, 7) is 5.20. The van der Waals surface area contributed by atoms with E-state index in [4.69, 9.17) is 16.3 Å². The third-order valence-corrected chi connectivity index (χ3v) is 5.03. The quantitative estimate of drug-likeness (QED) is 0.345. The monoisotopic (exact) mass is 470 g/mol. The molecule has 170 valence electrons. The maximum absolute atomic E-state index is 11.4. The average molecular weight is 471 g/mol.